The molecule has 0 atom stereocenters. The van der Waals surface area contributed by atoms with E-state index in [2.05, 4.69) is 6.08 Å². The molecule has 2 nitrogen and oxygen atoms in total. The van der Waals surface area contributed by atoms with Crippen LogP contribution >= 0.6 is 0 Å². The number of rotatable bonds is 10. The minimum Gasteiger partial charge on any atom is -0.390 e. The topological polar surface area (TPSA) is 37.3 Å². The van der Waals surface area contributed by atoms with Crippen molar-refractivity contribution in [3.8, 4) is 0 Å². The largest absolute Gasteiger partial charge is 0.390 e. The molecule has 0 amide bonds. The number of aliphatic hydroxyl groups is 1. The molecule has 0 aliphatic carbocycles. The van der Waals surface area contributed by atoms with E-state index in [-0.39, 0.29) is 5.78 Å². The van der Waals surface area contributed by atoms with Crippen LogP contribution in [-0.4, -0.2) is 16.5 Å². The van der Waals surface area contributed by atoms with E-state index in [9.17, 15) is 9.90 Å². The lowest BCUT2D eigenvalue weighted by Crippen LogP contribution is -2.19. The van der Waals surface area contributed by atoms with Crippen LogP contribution in [0.2, 0.25) is 0 Å². The SMILES string of the molecule is C/C=C/C=C/C=C\CC/C=C/C=C/C(=O)CCC(C)(C)O. The van der Waals surface area contributed by atoms with Crippen molar-refractivity contribution in [2.75, 3.05) is 0 Å². The van der Waals surface area contributed by atoms with Crippen LogP contribution in [0, 0.1) is 0 Å². The zero-order chi connectivity index (χ0) is 16.0. The maximum atomic E-state index is 11.5. The zero-order valence-corrected chi connectivity index (χ0v) is 13.5. The Morgan fingerprint density at radius 2 is 1.52 bits per heavy atom. The molecule has 0 aromatic heterocycles. The van der Waals surface area contributed by atoms with Crippen molar-refractivity contribution >= 4 is 5.78 Å². The molecule has 0 bridgehead atoms. The number of hydrogen-bond donors (Lipinski definition) is 1. The summed E-state index contributed by atoms with van der Waals surface area (Å²) in [6, 6.07) is 0. The van der Waals surface area contributed by atoms with Gasteiger partial charge < -0.3 is 5.11 Å². The Hall–Kier alpha value is -1.67. The van der Waals surface area contributed by atoms with Gasteiger partial charge in [0, 0.05) is 6.42 Å². The van der Waals surface area contributed by atoms with Crippen molar-refractivity contribution < 1.29 is 9.90 Å². The summed E-state index contributed by atoms with van der Waals surface area (Å²) in [5, 5.41) is 9.52. The fourth-order valence-corrected chi connectivity index (χ4v) is 1.46. The highest BCUT2D eigenvalue weighted by molar-refractivity contribution is 5.89. The van der Waals surface area contributed by atoms with Gasteiger partial charge in [-0.05, 0) is 46.1 Å². The molecular formula is C19H28O2. The van der Waals surface area contributed by atoms with Crippen molar-refractivity contribution in [3.63, 3.8) is 0 Å². The molecule has 0 rings (SSSR count). The average molecular weight is 288 g/mol. The summed E-state index contributed by atoms with van der Waals surface area (Å²) in [6.45, 7) is 5.41. The van der Waals surface area contributed by atoms with Crippen molar-refractivity contribution in [1.82, 2.24) is 0 Å². The van der Waals surface area contributed by atoms with Crippen LogP contribution in [-0.2, 0) is 4.79 Å². The Labute approximate surface area is 129 Å². The molecule has 0 unspecified atom stereocenters. The van der Waals surface area contributed by atoms with E-state index in [1.54, 1.807) is 26.0 Å². The van der Waals surface area contributed by atoms with E-state index in [1.807, 2.05) is 49.5 Å². The lowest BCUT2D eigenvalue weighted by molar-refractivity contribution is -0.115. The van der Waals surface area contributed by atoms with Gasteiger partial charge in [0.15, 0.2) is 5.78 Å². The normalized spacial score (nSPS) is 13.7. The van der Waals surface area contributed by atoms with Crippen LogP contribution in [0.3, 0.4) is 0 Å². The number of unbranched alkanes of at least 4 members (excludes halogenated alkanes) is 1. The molecule has 0 aliphatic heterocycles. The Morgan fingerprint density at radius 1 is 0.952 bits per heavy atom. The summed E-state index contributed by atoms with van der Waals surface area (Å²) in [5.74, 6) is 0.0517. The van der Waals surface area contributed by atoms with Crippen LogP contribution in [0.4, 0.5) is 0 Å². The lowest BCUT2D eigenvalue weighted by Gasteiger charge is -2.14. The molecule has 21 heavy (non-hydrogen) atoms. The highest BCUT2D eigenvalue weighted by Crippen LogP contribution is 2.10. The van der Waals surface area contributed by atoms with Crippen LogP contribution in [0.1, 0.15) is 46.5 Å². The molecule has 116 valence electrons. The Balaban J connectivity index is 3.76. The molecule has 0 fully saturated rings. The summed E-state index contributed by atoms with van der Waals surface area (Å²) in [7, 11) is 0. The van der Waals surface area contributed by atoms with Crippen LogP contribution in [0.5, 0.6) is 0 Å². The van der Waals surface area contributed by atoms with Gasteiger partial charge in [-0.2, -0.15) is 0 Å². The number of allylic oxidation sites excluding steroid dienone is 10. The average Bonchev–Trinajstić information content (AvgIpc) is 2.42. The second kappa shape index (κ2) is 12.1. The first-order valence-corrected chi connectivity index (χ1v) is 7.48. The van der Waals surface area contributed by atoms with Crippen LogP contribution in [0.25, 0.3) is 0 Å². The number of hydrogen-bond acceptors (Lipinski definition) is 2. The Kier molecular flexibility index (Phi) is 11.1. The third-order valence-electron chi connectivity index (χ3n) is 2.67. The standard InChI is InChI=1S/C19H28O2/c1-4-5-6-7-8-9-10-11-12-13-14-15-18(20)16-17-19(2,3)21/h4-9,12-15,21H,10-11,16-17H2,1-3H3/b5-4+,7-6+,9-8-,13-12+,15-14+. The summed E-state index contributed by atoms with van der Waals surface area (Å²) in [5.41, 5.74) is -0.771. The first-order valence-electron chi connectivity index (χ1n) is 7.48. The van der Waals surface area contributed by atoms with Crippen molar-refractivity contribution in [2.45, 2.75) is 52.1 Å². The lowest BCUT2D eigenvalue weighted by atomic mass is 10.0. The molecule has 0 aromatic carbocycles. The molecule has 0 radical (unpaired) electrons. The van der Waals surface area contributed by atoms with Gasteiger partial charge in [-0.25, -0.2) is 0 Å². The quantitative estimate of drug-likeness (QED) is 0.360. The van der Waals surface area contributed by atoms with Gasteiger partial charge >= 0.3 is 0 Å². The van der Waals surface area contributed by atoms with Crippen LogP contribution in [0.15, 0.2) is 60.8 Å². The highest BCUT2D eigenvalue weighted by atomic mass is 16.3. The van der Waals surface area contributed by atoms with Gasteiger partial charge in [0.05, 0.1) is 5.60 Å². The monoisotopic (exact) mass is 288 g/mol. The number of ketones is 1. The molecule has 0 spiro atoms. The van der Waals surface area contributed by atoms with E-state index < -0.39 is 5.60 Å². The maximum Gasteiger partial charge on any atom is 0.155 e. The third-order valence-corrected chi connectivity index (χ3v) is 2.67. The molecule has 0 heterocycles. The molecule has 1 N–H and O–H groups in total. The third kappa shape index (κ3) is 16.3. The van der Waals surface area contributed by atoms with Gasteiger partial charge in [0.1, 0.15) is 0 Å². The van der Waals surface area contributed by atoms with Crippen molar-refractivity contribution in [2.24, 2.45) is 0 Å². The minimum atomic E-state index is -0.771. The fraction of sp³-hybridized carbons (Fsp3) is 0.421. The smallest absolute Gasteiger partial charge is 0.155 e. The predicted octanol–water partition coefficient (Wildman–Crippen LogP) is 4.69. The van der Waals surface area contributed by atoms with Crippen molar-refractivity contribution in [1.29, 1.82) is 0 Å². The second-order valence-corrected chi connectivity index (χ2v) is 5.48. The second-order valence-electron chi connectivity index (χ2n) is 5.48. The summed E-state index contributed by atoms with van der Waals surface area (Å²) < 4.78 is 0. The molecular weight excluding hydrogens is 260 g/mol. The fourth-order valence-electron chi connectivity index (χ4n) is 1.46. The first-order chi connectivity index (χ1) is 9.95. The maximum absolute atomic E-state index is 11.5. The van der Waals surface area contributed by atoms with E-state index in [0.717, 1.165) is 12.8 Å². The molecule has 2 heteroatoms. The Bertz CT molecular complexity index is 415. The number of carbonyl (C=O) groups is 1. The van der Waals surface area contributed by atoms with E-state index >= 15 is 0 Å². The summed E-state index contributed by atoms with van der Waals surface area (Å²) in [6.07, 6.45) is 22.2. The Morgan fingerprint density at radius 3 is 2.10 bits per heavy atom. The van der Waals surface area contributed by atoms with Gasteiger partial charge in [-0.1, -0.05) is 54.7 Å². The zero-order valence-electron chi connectivity index (χ0n) is 13.5. The van der Waals surface area contributed by atoms with Gasteiger partial charge in [0.2, 0.25) is 0 Å². The molecule has 0 saturated carbocycles. The molecule has 0 saturated heterocycles. The summed E-state index contributed by atoms with van der Waals surface area (Å²) in [4.78, 5) is 11.5. The minimum absolute atomic E-state index is 0.0517. The van der Waals surface area contributed by atoms with Crippen molar-refractivity contribution in [3.05, 3.63) is 60.8 Å². The van der Waals surface area contributed by atoms with Gasteiger partial charge in [-0.15, -0.1) is 0 Å². The first kappa shape index (κ1) is 19.3. The number of carbonyl (C=O) groups excluding carboxylic acids is 1. The van der Waals surface area contributed by atoms with E-state index in [4.69, 9.17) is 0 Å². The van der Waals surface area contributed by atoms with Gasteiger partial charge in [0.25, 0.3) is 0 Å². The van der Waals surface area contributed by atoms with E-state index in [1.165, 1.54) is 0 Å². The molecule has 0 aliphatic rings. The van der Waals surface area contributed by atoms with Crippen LogP contribution < -0.4 is 0 Å². The van der Waals surface area contributed by atoms with Gasteiger partial charge in [-0.3, -0.25) is 4.79 Å². The summed E-state index contributed by atoms with van der Waals surface area (Å²) >= 11 is 0. The molecule has 0 aromatic rings. The predicted molar refractivity (Wildman–Crippen MR) is 91.1 cm³/mol. The van der Waals surface area contributed by atoms with E-state index in [0.29, 0.717) is 12.8 Å². The highest BCUT2D eigenvalue weighted by Gasteiger charge is 2.13.